The van der Waals surface area contributed by atoms with Crippen molar-refractivity contribution in [1.82, 2.24) is 4.57 Å². The lowest BCUT2D eigenvalue weighted by Gasteiger charge is -2.12. The molecule has 0 saturated heterocycles. The van der Waals surface area contributed by atoms with Gasteiger partial charge in [-0.1, -0.05) is 11.6 Å². The molecule has 0 saturated carbocycles. The van der Waals surface area contributed by atoms with Crippen molar-refractivity contribution < 1.29 is 18.0 Å². The average Bonchev–Trinajstić information content (AvgIpc) is 2.62. The molecule has 3 rings (SSSR count). The van der Waals surface area contributed by atoms with Crippen molar-refractivity contribution in [3.8, 4) is 0 Å². The molecule has 134 valence electrons. The Bertz CT molecular complexity index is 1100. The second-order valence-corrected chi connectivity index (χ2v) is 5.93. The molecule has 2 aromatic carbocycles. The fourth-order valence-corrected chi connectivity index (χ4v) is 2.78. The third-order valence-electron chi connectivity index (χ3n) is 3.91. The van der Waals surface area contributed by atoms with Gasteiger partial charge in [-0.05, 0) is 37.3 Å². The molecule has 1 N–H and O–H groups in total. The number of hydrogen-bond donors (Lipinski definition) is 1. The third kappa shape index (κ3) is 3.06. The summed E-state index contributed by atoms with van der Waals surface area (Å²) in [5.41, 5.74) is -0.863. The van der Waals surface area contributed by atoms with Crippen LogP contribution < -0.4 is 10.7 Å². The monoisotopic (exact) mass is 380 g/mol. The molecule has 0 aliphatic rings. The molecule has 0 fully saturated rings. The van der Waals surface area contributed by atoms with Crippen molar-refractivity contribution in [2.75, 3.05) is 5.32 Å². The lowest BCUT2D eigenvalue weighted by Crippen LogP contribution is -2.24. The molecule has 0 aliphatic heterocycles. The second-order valence-electron chi connectivity index (χ2n) is 5.50. The van der Waals surface area contributed by atoms with Gasteiger partial charge in [0.1, 0.15) is 5.56 Å². The minimum atomic E-state index is -1.71. The van der Waals surface area contributed by atoms with Gasteiger partial charge in [0, 0.05) is 23.2 Å². The molecule has 0 unspecified atom stereocenters. The quantitative estimate of drug-likeness (QED) is 0.687. The standard InChI is InChI=1S/C18H12ClF3N2O2/c1-2-24-8-11(17(25)10-7-9(19)3-6-14(10)24)18(26)23-13-5-4-12(20)15(21)16(13)22/h3-8H,2H2,1H3,(H,23,26). The van der Waals surface area contributed by atoms with E-state index in [1.807, 2.05) is 6.92 Å². The summed E-state index contributed by atoms with van der Waals surface area (Å²) in [6.07, 6.45) is 1.33. The van der Waals surface area contributed by atoms with E-state index in [-0.39, 0.29) is 10.9 Å². The first-order valence-electron chi connectivity index (χ1n) is 7.61. The number of nitrogens with zero attached hydrogens (tertiary/aromatic N) is 1. The number of benzene rings is 2. The number of carbonyl (C=O) groups excluding carboxylic acids is 1. The minimum absolute atomic E-state index is 0.220. The number of anilines is 1. The van der Waals surface area contributed by atoms with Crippen LogP contribution >= 0.6 is 11.6 Å². The molecule has 1 heterocycles. The molecule has 0 atom stereocenters. The zero-order valence-electron chi connectivity index (χ0n) is 13.4. The maximum Gasteiger partial charge on any atom is 0.261 e. The molecule has 0 spiro atoms. The first-order valence-corrected chi connectivity index (χ1v) is 7.98. The topological polar surface area (TPSA) is 51.1 Å². The summed E-state index contributed by atoms with van der Waals surface area (Å²) in [5, 5.41) is 2.64. The predicted octanol–water partition coefficient (Wildman–Crippen LogP) is 4.34. The van der Waals surface area contributed by atoms with Crippen LogP contribution in [0.1, 0.15) is 17.3 Å². The zero-order chi connectivity index (χ0) is 19.0. The van der Waals surface area contributed by atoms with Gasteiger partial charge in [-0.2, -0.15) is 0 Å². The van der Waals surface area contributed by atoms with E-state index in [9.17, 15) is 22.8 Å². The normalized spacial score (nSPS) is 11.0. The van der Waals surface area contributed by atoms with E-state index >= 15 is 0 Å². The van der Waals surface area contributed by atoms with Crippen LogP contribution in [0.15, 0.2) is 41.3 Å². The average molecular weight is 381 g/mol. The predicted molar refractivity (Wildman–Crippen MR) is 93.2 cm³/mol. The van der Waals surface area contributed by atoms with Gasteiger partial charge in [0.15, 0.2) is 17.5 Å². The zero-order valence-corrected chi connectivity index (χ0v) is 14.2. The Kier molecular flexibility index (Phi) is 4.73. The Morgan fingerprint density at radius 1 is 1.15 bits per heavy atom. The SMILES string of the molecule is CCn1cc(C(=O)Nc2ccc(F)c(F)c2F)c(=O)c2cc(Cl)ccc21. The van der Waals surface area contributed by atoms with Crippen LogP contribution in [0.4, 0.5) is 18.9 Å². The van der Waals surface area contributed by atoms with E-state index in [0.717, 1.165) is 6.07 Å². The molecule has 0 aliphatic carbocycles. The molecular formula is C18H12ClF3N2O2. The van der Waals surface area contributed by atoms with Crippen molar-refractivity contribution in [1.29, 1.82) is 0 Å². The molecule has 1 amide bonds. The maximum absolute atomic E-state index is 13.8. The molecule has 3 aromatic rings. The summed E-state index contributed by atoms with van der Waals surface area (Å²) in [5.74, 6) is -5.57. The third-order valence-corrected chi connectivity index (χ3v) is 4.15. The number of carbonyl (C=O) groups is 1. The number of aryl methyl sites for hydroxylation is 1. The number of halogens is 4. The maximum atomic E-state index is 13.8. The number of rotatable bonds is 3. The van der Waals surface area contributed by atoms with Crippen molar-refractivity contribution in [3.05, 3.63) is 74.8 Å². The number of hydrogen-bond acceptors (Lipinski definition) is 2. The van der Waals surface area contributed by atoms with Gasteiger partial charge in [0.2, 0.25) is 5.43 Å². The van der Waals surface area contributed by atoms with E-state index in [2.05, 4.69) is 5.32 Å². The largest absolute Gasteiger partial charge is 0.347 e. The number of pyridine rings is 1. The fraction of sp³-hybridized carbons (Fsp3) is 0.111. The first kappa shape index (κ1) is 18.0. The Morgan fingerprint density at radius 3 is 2.58 bits per heavy atom. The van der Waals surface area contributed by atoms with Crippen LogP contribution in [0.25, 0.3) is 10.9 Å². The van der Waals surface area contributed by atoms with Crippen LogP contribution in [0, 0.1) is 17.5 Å². The molecule has 8 heteroatoms. The highest BCUT2D eigenvalue weighted by molar-refractivity contribution is 6.31. The van der Waals surface area contributed by atoms with Crippen molar-refractivity contribution in [2.24, 2.45) is 0 Å². The molecule has 26 heavy (non-hydrogen) atoms. The van der Waals surface area contributed by atoms with Crippen LogP contribution in [-0.2, 0) is 6.54 Å². The van der Waals surface area contributed by atoms with Crippen LogP contribution in [-0.4, -0.2) is 10.5 Å². The Morgan fingerprint density at radius 2 is 1.88 bits per heavy atom. The van der Waals surface area contributed by atoms with E-state index in [4.69, 9.17) is 11.6 Å². The Hall–Kier alpha value is -2.80. The van der Waals surface area contributed by atoms with Gasteiger partial charge in [-0.15, -0.1) is 0 Å². The summed E-state index contributed by atoms with van der Waals surface area (Å²) in [6.45, 7) is 2.27. The summed E-state index contributed by atoms with van der Waals surface area (Å²) in [7, 11) is 0. The molecule has 0 bridgehead atoms. The highest BCUT2D eigenvalue weighted by Crippen LogP contribution is 2.21. The van der Waals surface area contributed by atoms with Crippen molar-refractivity contribution in [3.63, 3.8) is 0 Å². The van der Waals surface area contributed by atoms with E-state index in [1.54, 1.807) is 16.7 Å². The molecule has 4 nitrogen and oxygen atoms in total. The van der Waals surface area contributed by atoms with Gasteiger partial charge < -0.3 is 9.88 Å². The minimum Gasteiger partial charge on any atom is -0.347 e. The number of aromatic nitrogens is 1. The summed E-state index contributed by atoms with van der Waals surface area (Å²) < 4.78 is 41.7. The summed E-state index contributed by atoms with van der Waals surface area (Å²) in [4.78, 5) is 25.1. The van der Waals surface area contributed by atoms with Gasteiger partial charge >= 0.3 is 0 Å². The summed E-state index contributed by atoms with van der Waals surface area (Å²) in [6, 6.07) is 6.26. The van der Waals surface area contributed by atoms with Gasteiger partial charge in [0.05, 0.1) is 11.2 Å². The molecule has 1 aromatic heterocycles. The highest BCUT2D eigenvalue weighted by atomic mass is 35.5. The fourth-order valence-electron chi connectivity index (χ4n) is 2.61. The van der Waals surface area contributed by atoms with E-state index in [1.165, 1.54) is 12.3 Å². The number of amides is 1. The lowest BCUT2D eigenvalue weighted by molar-refractivity contribution is 0.102. The second kappa shape index (κ2) is 6.84. The summed E-state index contributed by atoms with van der Waals surface area (Å²) >= 11 is 5.93. The Balaban J connectivity index is 2.10. The Labute approximate surface area is 150 Å². The molecule has 0 radical (unpaired) electrons. The van der Waals surface area contributed by atoms with Gasteiger partial charge in [0.25, 0.3) is 5.91 Å². The van der Waals surface area contributed by atoms with Crippen LogP contribution in [0.2, 0.25) is 5.02 Å². The number of fused-ring (bicyclic) bond motifs is 1. The first-order chi connectivity index (χ1) is 12.3. The van der Waals surface area contributed by atoms with Crippen LogP contribution in [0.5, 0.6) is 0 Å². The van der Waals surface area contributed by atoms with Gasteiger partial charge in [-0.3, -0.25) is 9.59 Å². The smallest absolute Gasteiger partial charge is 0.261 e. The lowest BCUT2D eigenvalue weighted by atomic mass is 10.1. The van der Waals surface area contributed by atoms with Gasteiger partial charge in [-0.25, -0.2) is 13.2 Å². The van der Waals surface area contributed by atoms with Crippen LogP contribution in [0.3, 0.4) is 0 Å². The highest BCUT2D eigenvalue weighted by Gasteiger charge is 2.19. The molecular weight excluding hydrogens is 369 g/mol. The van der Waals surface area contributed by atoms with Crippen molar-refractivity contribution >= 4 is 34.1 Å². The van der Waals surface area contributed by atoms with Crippen molar-refractivity contribution in [2.45, 2.75) is 13.5 Å². The number of nitrogens with one attached hydrogen (secondary N) is 1. The van der Waals surface area contributed by atoms with E-state index < -0.39 is 34.5 Å². The van der Waals surface area contributed by atoms with E-state index in [0.29, 0.717) is 23.2 Å².